The van der Waals surface area contributed by atoms with Crippen LogP contribution in [0.1, 0.15) is 18.9 Å². The normalized spacial score (nSPS) is 11.1. The molecule has 1 amide bonds. The summed E-state index contributed by atoms with van der Waals surface area (Å²) in [4.78, 5) is 11.9. The second-order valence-electron chi connectivity index (χ2n) is 4.83. The zero-order chi connectivity index (χ0) is 16.7. The molecule has 0 saturated carbocycles. The van der Waals surface area contributed by atoms with E-state index in [0.717, 1.165) is 11.3 Å². The summed E-state index contributed by atoms with van der Waals surface area (Å²) in [5.74, 6) is -0.0770. The zero-order valence-electron chi connectivity index (χ0n) is 12.7. The van der Waals surface area contributed by atoms with Gasteiger partial charge in [-0.15, -0.1) is 0 Å². The van der Waals surface area contributed by atoms with Gasteiger partial charge < -0.3 is 10.4 Å². The van der Waals surface area contributed by atoms with Gasteiger partial charge in [-0.3, -0.25) is 4.79 Å². The van der Waals surface area contributed by atoms with Gasteiger partial charge in [-0.05, 0) is 48.4 Å². The van der Waals surface area contributed by atoms with Crippen molar-refractivity contribution in [3.8, 4) is 5.75 Å². The van der Waals surface area contributed by atoms with E-state index in [9.17, 15) is 9.90 Å². The van der Waals surface area contributed by atoms with Crippen LogP contribution in [0.4, 0.5) is 5.69 Å². The molecule has 5 nitrogen and oxygen atoms in total. The summed E-state index contributed by atoms with van der Waals surface area (Å²) in [6.45, 7) is 2.01. The molecular formula is C17H18ClN3O2. The van der Waals surface area contributed by atoms with Crippen molar-refractivity contribution in [1.82, 2.24) is 5.43 Å². The Morgan fingerprint density at radius 3 is 2.52 bits per heavy atom. The number of amides is 1. The number of hydrogen-bond acceptors (Lipinski definition) is 4. The second kappa shape index (κ2) is 8.19. The molecule has 2 rings (SSSR count). The third-order valence-electron chi connectivity index (χ3n) is 3.16. The van der Waals surface area contributed by atoms with E-state index >= 15 is 0 Å². The van der Waals surface area contributed by atoms with Gasteiger partial charge in [0.25, 0.3) is 5.91 Å². The van der Waals surface area contributed by atoms with Gasteiger partial charge in [0, 0.05) is 0 Å². The van der Waals surface area contributed by atoms with Gasteiger partial charge in [-0.25, -0.2) is 5.43 Å². The minimum absolute atomic E-state index is 0.0693. The molecule has 0 atom stereocenters. The minimum Gasteiger partial charge on any atom is -0.508 e. The second-order valence-corrected chi connectivity index (χ2v) is 5.23. The van der Waals surface area contributed by atoms with Gasteiger partial charge in [0.2, 0.25) is 0 Å². The maximum Gasteiger partial charge on any atom is 0.259 e. The first-order valence-electron chi connectivity index (χ1n) is 7.23. The number of phenolic OH excluding ortho intramolecular Hbond substituents is 1. The van der Waals surface area contributed by atoms with Crippen molar-refractivity contribution in [2.45, 2.75) is 13.3 Å². The molecule has 2 aromatic rings. The summed E-state index contributed by atoms with van der Waals surface area (Å²) in [5, 5.41) is 17.0. The third kappa shape index (κ3) is 5.00. The molecule has 0 saturated heterocycles. The fourth-order valence-electron chi connectivity index (χ4n) is 1.95. The SMILES string of the molecule is CC/C(=N/NC(=O)CNc1ccccc1Cl)c1ccc(O)cc1. The van der Waals surface area contributed by atoms with Crippen LogP contribution in [-0.2, 0) is 4.79 Å². The maximum absolute atomic E-state index is 11.9. The van der Waals surface area contributed by atoms with Crippen molar-refractivity contribution in [1.29, 1.82) is 0 Å². The number of nitrogens with one attached hydrogen (secondary N) is 2. The molecule has 0 aliphatic carbocycles. The minimum atomic E-state index is -0.269. The lowest BCUT2D eigenvalue weighted by molar-refractivity contribution is -0.119. The van der Waals surface area contributed by atoms with Crippen molar-refractivity contribution in [3.05, 3.63) is 59.1 Å². The van der Waals surface area contributed by atoms with Crippen molar-refractivity contribution < 1.29 is 9.90 Å². The number of hydrogen-bond donors (Lipinski definition) is 3. The highest BCUT2D eigenvalue weighted by Crippen LogP contribution is 2.19. The Hall–Kier alpha value is -2.53. The van der Waals surface area contributed by atoms with E-state index in [4.69, 9.17) is 11.6 Å². The highest BCUT2D eigenvalue weighted by molar-refractivity contribution is 6.33. The Kier molecular flexibility index (Phi) is 6.00. The van der Waals surface area contributed by atoms with E-state index in [0.29, 0.717) is 17.1 Å². The van der Waals surface area contributed by atoms with Gasteiger partial charge in [0.15, 0.2) is 0 Å². The van der Waals surface area contributed by atoms with Crippen molar-refractivity contribution in [2.75, 3.05) is 11.9 Å². The number of para-hydroxylation sites is 1. The van der Waals surface area contributed by atoms with Crippen LogP contribution in [0.2, 0.25) is 5.02 Å². The lowest BCUT2D eigenvalue weighted by Crippen LogP contribution is -2.27. The number of anilines is 1. The first-order chi connectivity index (χ1) is 11.1. The van der Waals surface area contributed by atoms with Gasteiger partial charge in [0.1, 0.15) is 5.75 Å². The molecule has 2 aromatic carbocycles. The number of carbonyl (C=O) groups is 1. The van der Waals surface area contributed by atoms with Crippen molar-refractivity contribution in [3.63, 3.8) is 0 Å². The topological polar surface area (TPSA) is 73.7 Å². The van der Waals surface area contributed by atoms with Crippen LogP contribution < -0.4 is 10.7 Å². The molecule has 120 valence electrons. The van der Waals surface area contributed by atoms with Crippen LogP contribution >= 0.6 is 11.6 Å². The molecule has 0 aromatic heterocycles. The van der Waals surface area contributed by atoms with E-state index in [2.05, 4.69) is 15.8 Å². The molecule has 0 radical (unpaired) electrons. The van der Waals surface area contributed by atoms with E-state index in [-0.39, 0.29) is 18.2 Å². The fourth-order valence-corrected chi connectivity index (χ4v) is 2.15. The maximum atomic E-state index is 11.9. The van der Waals surface area contributed by atoms with Crippen LogP contribution in [0.5, 0.6) is 5.75 Å². The summed E-state index contributed by atoms with van der Waals surface area (Å²) in [5.41, 5.74) is 4.80. The largest absolute Gasteiger partial charge is 0.508 e. The summed E-state index contributed by atoms with van der Waals surface area (Å²) in [6.07, 6.45) is 0.656. The van der Waals surface area contributed by atoms with Crippen LogP contribution in [-0.4, -0.2) is 23.3 Å². The van der Waals surface area contributed by atoms with Gasteiger partial charge >= 0.3 is 0 Å². The molecule has 23 heavy (non-hydrogen) atoms. The van der Waals surface area contributed by atoms with Crippen LogP contribution in [0.25, 0.3) is 0 Å². The highest BCUT2D eigenvalue weighted by Gasteiger charge is 2.05. The predicted octanol–water partition coefficient (Wildman–Crippen LogP) is 3.39. The first-order valence-corrected chi connectivity index (χ1v) is 7.61. The average Bonchev–Trinajstić information content (AvgIpc) is 2.56. The number of hydrazone groups is 1. The van der Waals surface area contributed by atoms with Gasteiger partial charge in [-0.1, -0.05) is 30.7 Å². The monoisotopic (exact) mass is 331 g/mol. The molecule has 0 bridgehead atoms. The van der Waals surface area contributed by atoms with Gasteiger partial charge in [-0.2, -0.15) is 5.10 Å². The molecule has 0 unspecified atom stereocenters. The third-order valence-corrected chi connectivity index (χ3v) is 3.49. The number of carbonyl (C=O) groups excluding carboxylic acids is 1. The standard InChI is InChI=1S/C17H18ClN3O2/c1-2-15(12-7-9-13(22)10-8-12)20-21-17(23)11-19-16-6-4-3-5-14(16)18/h3-10,19,22H,2,11H2,1H3,(H,21,23)/b20-15-. The van der Waals surface area contributed by atoms with Crippen molar-refractivity contribution >= 4 is 28.9 Å². The number of rotatable bonds is 6. The van der Waals surface area contributed by atoms with Crippen LogP contribution in [0, 0.1) is 0 Å². The molecule has 0 aliphatic rings. The Balaban J connectivity index is 1.93. The fraction of sp³-hybridized carbons (Fsp3) is 0.176. The molecule has 0 heterocycles. The van der Waals surface area contributed by atoms with Gasteiger partial charge in [0.05, 0.1) is 23.0 Å². The molecule has 3 N–H and O–H groups in total. The summed E-state index contributed by atoms with van der Waals surface area (Å²) in [7, 11) is 0. The molecular weight excluding hydrogens is 314 g/mol. The predicted molar refractivity (Wildman–Crippen MR) is 93.0 cm³/mol. The molecule has 6 heteroatoms. The van der Waals surface area contributed by atoms with E-state index in [1.807, 2.05) is 19.1 Å². The molecule has 0 aliphatic heterocycles. The van der Waals surface area contributed by atoms with E-state index in [1.165, 1.54) is 0 Å². The Bertz CT molecular complexity index is 699. The first kappa shape index (κ1) is 16.8. The Morgan fingerprint density at radius 1 is 1.17 bits per heavy atom. The summed E-state index contributed by atoms with van der Waals surface area (Å²) >= 11 is 6.01. The van der Waals surface area contributed by atoms with E-state index in [1.54, 1.807) is 36.4 Å². The lowest BCUT2D eigenvalue weighted by atomic mass is 10.1. The number of nitrogens with zero attached hydrogens (tertiary/aromatic N) is 1. The smallest absolute Gasteiger partial charge is 0.259 e. The number of phenols is 1. The number of benzene rings is 2. The molecule has 0 spiro atoms. The van der Waals surface area contributed by atoms with E-state index < -0.39 is 0 Å². The summed E-state index contributed by atoms with van der Waals surface area (Å²) in [6, 6.07) is 13.9. The van der Waals surface area contributed by atoms with Crippen LogP contribution in [0.15, 0.2) is 53.6 Å². The van der Waals surface area contributed by atoms with Crippen LogP contribution in [0.3, 0.4) is 0 Å². The number of aromatic hydroxyl groups is 1. The summed E-state index contributed by atoms with van der Waals surface area (Å²) < 4.78 is 0. The highest BCUT2D eigenvalue weighted by atomic mass is 35.5. The lowest BCUT2D eigenvalue weighted by Gasteiger charge is -2.08. The molecule has 0 fully saturated rings. The quantitative estimate of drug-likeness (QED) is 0.561. The number of halogens is 1. The Morgan fingerprint density at radius 2 is 1.87 bits per heavy atom. The Labute approximate surface area is 140 Å². The zero-order valence-corrected chi connectivity index (χ0v) is 13.5. The van der Waals surface area contributed by atoms with Crippen molar-refractivity contribution in [2.24, 2.45) is 5.10 Å². The average molecular weight is 332 g/mol.